The number of rotatable bonds is 9. The Morgan fingerprint density at radius 2 is 1.65 bits per heavy atom. The van der Waals surface area contributed by atoms with E-state index in [0.717, 1.165) is 17.7 Å². The molecule has 6 heteroatoms. The van der Waals surface area contributed by atoms with Gasteiger partial charge in [0, 0.05) is 44.2 Å². The molecule has 4 rings (SSSR count). The maximum Gasteiger partial charge on any atom is 0.335 e. The van der Waals surface area contributed by atoms with Crippen LogP contribution in [0.4, 0.5) is 0 Å². The lowest BCUT2D eigenvalue weighted by atomic mass is 9.96. The van der Waals surface area contributed by atoms with Crippen LogP contribution >= 0.6 is 0 Å². The van der Waals surface area contributed by atoms with Crippen LogP contribution in [0.3, 0.4) is 0 Å². The molecule has 160 valence electrons. The number of benzene rings is 1. The fourth-order valence-electron chi connectivity index (χ4n) is 4.07. The normalized spacial score (nSPS) is 13.4. The van der Waals surface area contributed by atoms with Gasteiger partial charge in [-0.1, -0.05) is 12.1 Å². The largest absolute Gasteiger partial charge is 0.494 e. The summed E-state index contributed by atoms with van der Waals surface area (Å²) in [5, 5.41) is 0. The molecule has 0 saturated heterocycles. The fraction of sp³-hybridized carbons (Fsp3) is 0.320. The van der Waals surface area contributed by atoms with E-state index in [4.69, 9.17) is 14.2 Å². The molecule has 3 aromatic rings. The lowest BCUT2D eigenvalue weighted by Crippen LogP contribution is -2.27. The predicted molar refractivity (Wildman–Crippen MR) is 117 cm³/mol. The van der Waals surface area contributed by atoms with E-state index in [1.807, 2.05) is 49.1 Å². The molecule has 0 spiro atoms. The molecule has 0 N–H and O–H groups in total. The van der Waals surface area contributed by atoms with Crippen LogP contribution in [-0.4, -0.2) is 42.4 Å². The summed E-state index contributed by atoms with van der Waals surface area (Å²) in [6, 6.07) is 11.9. The monoisotopic (exact) mass is 418 g/mol. The highest BCUT2D eigenvalue weighted by atomic mass is 16.6. The van der Waals surface area contributed by atoms with Crippen molar-refractivity contribution in [3.8, 4) is 16.9 Å². The van der Waals surface area contributed by atoms with Crippen LogP contribution in [0.1, 0.15) is 36.0 Å². The summed E-state index contributed by atoms with van der Waals surface area (Å²) in [7, 11) is 1.52. The van der Waals surface area contributed by atoms with Crippen molar-refractivity contribution in [1.29, 1.82) is 0 Å². The topological polar surface area (TPSA) is 70.5 Å². The molecular formula is C25H26N2O4. The Morgan fingerprint density at radius 3 is 2.23 bits per heavy atom. The second-order valence-electron chi connectivity index (χ2n) is 7.44. The van der Waals surface area contributed by atoms with Crippen molar-refractivity contribution < 1.29 is 19.0 Å². The van der Waals surface area contributed by atoms with Crippen molar-refractivity contribution in [2.24, 2.45) is 0 Å². The Kier molecular flexibility index (Phi) is 6.57. The summed E-state index contributed by atoms with van der Waals surface area (Å²) in [6.07, 6.45) is 8.27. The number of fused-ring (bicyclic) bond motifs is 3. The number of hydrogen-bond acceptors (Lipinski definition) is 6. The second-order valence-corrected chi connectivity index (χ2v) is 7.44. The Balaban J connectivity index is 1.36. The van der Waals surface area contributed by atoms with Crippen LogP contribution in [0.15, 0.2) is 61.2 Å². The molecule has 0 amide bonds. The molecule has 31 heavy (non-hydrogen) atoms. The standard InChI is InChI=1S/C25H26N2O4/c1-3-30-25(28)24(29-2)14-17-4-6-18(7-5-17)31-13-10-21-22-15-26-11-8-19(22)20-9-12-27-16-23(20)21/h4-9,11-12,15-16,21,24H,3,10,13-14H2,1-2H3. The summed E-state index contributed by atoms with van der Waals surface area (Å²) in [4.78, 5) is 20.5. The van der Waals surface area contributed by atoms with Crippen LogP contribution in [0, 0.1) is 0 Å². The quantitative estimate of drug-likeness (QED) is 0.486. The van der Waals surface area contributed by atoms with Gasteiger partial charge < -0.3 is 14.2 Å². The van der Waals surface area contributed by atoms with Gasteiger partial charge >= 0.3 is 5.97 Å². The first-order valence-corrected chi connectivity index (χ1v) is 10.5. The van der Waals surface area contributed by atoms with Gasteiger partial charge in [-0.05, 0) is 65.4 Å². The average Bonchev–Trinajstić information content (AvgIpc) is 3.12. The molecule has 1 atom stereocenters. The summed E-state index contributed by atoms with van der Waals surface area (Å²) in [5.41, 5.74) is 5.91. The molecule has 2 heterocycles. The smallest absolute Gasteiger partial charge is 0.335 e. The minimum atomic E-state index is -0.601. The second kappa shape index (κ2) is 9.71. The van der Waals surface area contributed by atoms with E-state index in [1.54, 1.807) is 6.92 Å². The Labute approximate surface area is 182 Å². The maximum atomic E-state index is 11.9. The lowest BCUT2D eigenvalue weighted by Gasteiger charge is -2.15. The first-order valence-electron chi connectivity index (χ1n) is 10.5. The van der Waals surface area contributed by atoms with Crippen LogP contribution in [0.5, 0.6) is 5.75 Å². The van der Waals surface area contributed by atoms with Gasteiger partial charge in [0.15, 0.2) is 6.10 Å². The highest BCUT2D eigenvalue weighted by molar-refractivity contribution is 5.77. The lowest BCUT2D eigenvalue weighted by molar-refractivity contribution is -0.154. The first-order chi connectivity index (χ1) is 15.2. The molecule has 1 aliphatic carbocycles. The number of nitrogens with zero attached hydrogens (tertiary/aromatic N) is 2. The van der Waals surface area contributed by atoms with Crippen molar-refractivity contribution in [3.63, 3.8) is 0 Å². The Morgan fingerprint density at radius 1 is 1.00 bits per heavy atom. The molecule has 0 fully saturated rings. The number of hydrogen-bond donors (Lipinski definition) is 0. The van der Waals surface area contributed by atoms with E-state index in [9.17, 15) is 4.79 Å². The molecule has 2 aromatic heterocycles. The zero-order valence-electron chi connectivity index (χ0n) is 17.8. The zero-order chi connectivity index (χ0) is 21.6. The van der Waals surface area contributed by atoms with Gasteiger partial charge in [0.2, 0.25) is 0 Å². The van der Waals surface area contributed by atoms with Gasteiger partial charge in [0.05, 0.1) is 13.2 Å². The van der Waals surface area contributed by atoms with E-state index in [-0.39, 0.29) is 11.9 Å². The van der Waals surface area contributed by atoms with E-state index in [1.165, 1.54) is 29.4 Å². The number of ether oxygens (including phenoxy) is 3. The number of esters is 1. The molecule has 0 bridgehead atoms. The van der Waals surface area contributed by atoms with E-state index < -0.39 is 6.10 Å². The molecule has 0 aliphatic heterocycles. The first kappa shape index (κ1) is 21.0. The molecule has 0 saturated carbocycles. The van der Waals surface area contributed by atoms with Crippen molar-refractivity contribution in [2.45, 2.75) is 31.8 Å². The molecule has 1 aliphatic rings. The van der Waals surface area contributed by atoms with Crippen molar-refractivity contribution in [1.82, 2.24) is 9.97 Å². The third kappa shape index (κ3) is 4.59. The highest BCUT2D eigenvalue weighted by Crippen LogP contribution is 2.45. The minimum absolute atomic E-state index is 0.235. The number of methoxy groups -OCH3 is 1. The van der Waals surface area contributed by atoms with Gasteiger partial charge in [-0.15, -0.1) is 0 Å². The van der Waals surface area contributed by atoms with Gasteiger partial charge in [-0.2, -0.15) is 0 Å². The summed E-state index contributed by atoms with van der Waals surface area (Å²) in [5.74, 6) is 0.690. The van der Waals surface area contributed by atoms with Crippen molar-refractivity contribution in [2.75, 3.05) is 20.3 Å². The van der Waals surface area contributed by atoms with Gasteiger partial charge in [0.1, 0.15) is 5.75 Å². The van der Waals surface area contributed by atoms with Gasteiger partial charge in [-0.25, -0.2) is 4.79 Å². The minimum Gasteiger partial charge on any atom is -0.494 e. The fourth-order valence-corrected chi connectivity index (χ4v) is 4.07. The molecule has 1 unspecified atom stereocenters. The van der Waals surface area contributed by atoms with Gasteiger partial charge in [-0.3, -0.25) is 9.97 Å². The number of carbonyl (C=O) groups is 1. The van der Waals surface area contributed by atoms with Crippen molar-refractivity contribution >= 4 is 5.97 Å². The van der Waals surface area contributed by atoms with Crippen LogP contribution in [0.2, 0.25) is 0 Å². The number of carbonyl (C=O) groups excluding carboxylic acids is 1. The van der Waals surface area contributed by atoms with Crippen molar-refractivity contribution in [3.05, 3.63) is 77.9 Å². The Hall–Kier alpha value is -3.25. The summed E-state index contributed by atoms with van der Waals surface area (Å²) >= 11 is 0. The van der Waals surface area contributed by atoms with E-state index in [0.29, 0.717) is 19.6 Å². The van der Waals surface area contributed by atoms with Crippen LogP contribution in [-0.2, 0) is 20.7 Å². The molecule has 0 radical (unpaired) electrons. The summed E-state index contributed by atoms with van der Waals surface area (Å²) in [6.45, 7) is 2.70. The average molecular weight is 418 g/mol. The maximum absolute atomic E-state index is 11.9. The summed E-state index contributed by atoms with van der Waals surface area (Å²) < 4.78 is 16.3. The zero-order valence-corrected chi connectivity index (χ0v) is 17.8. The van der Waals surface area contributed by atoms with E-state index in [2.05, 4.69) is 22.1 Å². The van der Waals surface area contributed by atoms with E-state index >= 15 is 0 Å². The SMILES string of the molecule is CCOC(=O)C(Cc1ccc(OCCC2c3cnccc3-c3ccncc32)cc1)OC. The third-order valence-electron chi connectivity index (χ3n) is 5.60. The van der Waals surface area contributed by atoms with Crippen LogP contribution < -0.4 is 4.74 Å². The number of pyridine rings is 2. The predicted octanol–water partition coefficient (Wildman–Crippen LogP) is 4.18. The van der Waals surface area contributed by atoms with Crippen LogP contribution in [0.25, 0.3) is 11.1 Å². The third-order valence-corrected chi connectivity index (χ3v) is 5.60. The molecule has 1 aromatic carbocycles. The molecular weight excluding hydrogens is 392 g/mol. The Bertz CT molecular complexity index is 990. The highest BCUT2D eigenvalue weighted by Gasteiger charge is 2.28. The molecule has 6 nitrogen and oxygen atoms in total. The number of aromatic nitrogens is 2. The van der Waals surface area contributed by atoms with Gasteiger partial charge in [0.25, 0.3) is 0 Å².